The number of para-hydroxylation sites is 1. The Hall–Kier alpha value is -3.64. The maximum atomic E-state index is 12.4. The molecule has 0 atom stereocenters. The quantitative estimate of drug-likeness (QED) is 0.223. The largest absolute Gasteiger partial charge is 0.493 e. The van der Waals surface area contributed by atoms with Crippen LogP contribution in [0.2, 0.25) is 0 Å². The zero-order valence-electron chi connectivity index (χ0n) is 19.3. The van der Waals surface area contributed by atoms with E-state index in [9.17, 15) is 14.4 Å². The number of aromatic nitrogens is 2. The maximum Gasteiger partial charge on any atom is 0.340 e. The fraction of sp³-hybridized carbons (Fsp3) is 0.261. The lowest BCUT2D eigenvalue weighted by molar-refractivity contribution is -0.115. The third-order valence-corrected chi connectivity index (χ3v) is 6.46. The molecule has 2 aromatic carbocycles. The fourth-order valence-corrected chi connectivity index (χ4v) is 4.52. The number of rotatable bonds is 11. The lowest BCUT2D eigenvalue weighted by Gasteiger charge is -2.09. The van der Waals surface area contributed by atoms with Crippen LogP contribution in [-0.2, 0) is 20.7 Å². The van der Waals surface area contributed by atoms with Crippen LogP contribution in [0.1, 0.15) is 22.8 Å². The molecule has 0 aliphatic carbocycles. The number of esters is 1. The van der Waals surface area contributed by atoms with Crippen LogP contribution in [0.5, 0.6) is 11.5 Å². The molecule has 0 saturated heterocycles. The first-order chi connectivity index (χ1) is 16.9. The van der Waals surface area contributed by atoms with Crippen LogP contribution in [0.15, 0.2) is 46.8 Å². The average molecular weight is 517 g/mol. The summed E-state index contributed by atoms with van der Waals surface area (Å²) in [5.74, 6) is 0.0741. The molecule has 35 heavy (non-hydrogen) atoms. The smallest absolute Gasteiger partial charge is 0.340 e. The van der Waals surface area contributed by atoms with Gasteiger partial charge in [0.15, 0.2) is 15.8 Å². The topological polar surface area (TPSA) is 129 Å². The molecule has 3 aromatic rings. The van der Waals surface area contributed by atoms with Crippen LogP contribution in [0, 0.1) is 0 Å². The maximum absolute atomic E-state index is 12.4. The van der Waals surface area contributed by atoms with Gasteiger partial charge in [0.2, 0.25) is 16.9 Å². The molecule has 0 spiro atoms. The number of nitrogens with one attached hydrogen (secondary N) is 2. The Morgan fingerprint density at radius 3 is 2.49 bits per heavy atom. The van der Waals surface area contributed by atoms with Gasteiger partial charge in [0.1, 0.15) is 0 Å². The highest BCUT2D eigenvalue weighted by atomic mass is 32.2. The van der Waals surface area contributed by atoms with Gasteiger partial charge in [-0.05, 0) is 36.8 Å². The number of nitrogens with zero attached hydrogens (tertiary/aromatic N) is 2. The fourth-order valence-electron chi connectivity index (χ4n) is 2.95. The zero-order valence-corrected chi connectivity index (χ0v) is 21.0. The van der Waals surface area contributed by atoms with Gasteiger partial charge in [0, 0.05) is 0 Å². The number of methoxy groups -OCH3 is 2. The number of thioether (sulfide) groups is 1. The summed E-state index contributed by atoms with van der Waals surface area (Å²) in [5.41, 5.74) is 1.40. The first kappa shape index (κ1) is 26.0. The van der Waals surface area contributed by atoms with Gasteiger partial charge in [-0.2, -0.15) is 0 Å². The predicted molar refractivity (Wildman–Crippen MR) is 134 cm³/mol. The normalized spacial score (nSPS) is 10.4. The highest BCUT2D eigenvalue weighted by Gasteiger charge is 2.16. The Labute approximate surface area is 210 Å². The molecule has 2 amide bonds. The van der Waals surface area contributed by atoms with E-state index in [0.29, 0.717) is 26.7 Å². The summed E-state index contributed by atoms with van der Waals surface area (Å²) < 4.78 is 16.0. The lowest BCUT2D eigenvalue weighted by Crippen LogP contribution is -2.17. The Morgan fingerprint density at radius 1 is 0.971 bits per heavy atom. The second kappa shape index (κ2) is 12.7. The second-order valence-electron chi connectivity index (χ2n) is 6.89. The van der Waals surface area contributed by atoms with Crippen molar-refractivity contribution in [3.05, 3.63) is 53.6 Å². The first-order valence-electron chi connectivity index (χ1n) is 10.5. The van der Waals surface area contributed by atoms with Crippen LogP contribution < -0.4 is 20.1 Å². The molecule has 12 heteroatoms. The number of benzene rings is 2. The molecule has 0 unspecified atom stereocenters. The van der Waals surface area contributed by atoms with E-state index in [1.54, 1.807) is 56.5 Å². The van der Waals surface area contributed by atoms with Crippen LogP contribution in [0.3, 0.4) is 0 Å². The van der Waals surface area contributed by atoms with Gasteiger partial charge >= 0.3 is 5.97 Å². The van der Waals surface area contributed by atoms with E-state index in [0.717, 1.165) is 16.9 Å². The van der Waals surface area contributed by atoms with E-state index in [4.69, 9.17) is 14.2 Å². The van der Waals surface area contributed by atoms with Crippen molar-refractivity contribution in [1.29, 1.82) is 0 Å². The van der Waals surface area contributed by atoms with Crippen LogP contribution in [-0.4, -0.2) is 54.6 Å². The Kier molecular flexibility index (Phi) is 9.44. The summed E-state index contributed by atoms with van der Waals surface area (Å²) in [6.07, 6.45) is 0.116. The number of ether oxygens (including phenoxy) is 3. The standard InChI is InChI=1S/C23H24N4O6S2/c1-4-33-21(30)15-7-5-6-8-16(15)24-20(29)13-34-23-27-26-22(35-23)25-19(28)12-14-9-10-17(31-2)18(11-14)32-3/h5-11H,4,12-13H2,1-3H3,(H,24,29)(H,25,26,28). The van der Waals surface area contributed by atoms with Gasteiger partial charge in [-0.3, -0.25) is 9.59 Å². The van der Waals surface area contributed by atoms with Crippen molar-refractivity contribution in [3.63, 3.8) is 0 Å². The highest BCUT2D eigenvalue weighted by molar-refractivity contribution is 8.01. The summed E-state index contributed by atoms with van der Waals surface area (Å²) in [7, 11) is 3.07. The third-order valence-electron chi connectivity index (χ3n) is 4.49. The number of hydrogen-bond donors (Lipinski definition) is 2. The van der Waals surface area contributed by atoms with E-state index >= 15 is 0 Å². The van der Waals surface area contributed by atoms with Gasteiger partial charge in [0.05, 0.1) is 44.3 Å². The van der Waals surface area contributed by atoms with Crippen LogP contribution in [0.4, 0.5) is 10.8 Å². The lowest BCUT2D eigenvalue weighted by atomic mass is 10.1. The molecule has 0 saturated carbocycles. The Bertz CT molecular complexity index is 1200. The molecule has 2 N–H and O–H groups in total. The molecule has 0 radical (unpaired) electrons. The number of amides is 2. The number of carbonyl (C=O) groups excluding carboxylic acids is 3. The van der Waals surface area contributed by atoms with Crippen molar-refractivity contribution < 1.29 is 28.6 Å². The van der Waals surface area contributed by atoms with E-state index in [1.807, 2.05) is 0 Å². The molecule has 184 valence electrons. The van der Waals surface area contributed by atoms with Crippen molar-refractivity contribution in [3.8, 4) is 11.5 Å². The SMILES string of the molecule is CCOC(=O)c1ccccc1NC(=O)CSc1nnc(NC(=O)Cc2ccc(OC)c(OC)c2)s1. The van der Waals surface area contributed by atoms with E-state index in [-0.39, 0.29) is 36.2 Å². The summed E-state index contributed by atoms with van der Waals surface area (Å²) in [6, 6.07) is 11.9. The molecule has 1 aromatic heterocycles. The monoisotopic (exact) mass is 516 g/mol. The molecule has 0 aliphatic heterocycles. The van der Waals surface area contributed by atoms with Crippen LogP contribution >= 0.6 is 23.1 Å². The Morgan fingerprint density at radius 2 is 1.74 bits per heavy atom. The van der Waals surface area contributed by atoms with E-state index < -0.39 is 5.97 Å². The summed E-state index contributed by atoms with van der Waals surface area (Å²) in [4.78, 5) is 36.8. The highest BCUT2D eigenvalue weighted by Crippen LogP contribution is 2.29. The minimum atomic E-state index is -0.506. The molecule has 0 bridgehead atoms. The minimum absolute atomic E-state index is 0.0470. The first-order valence-corrected chi connectivity index (χ1v) is 12.3. The molecule has 1 heterocycles. The van der Waals surface area contributed by atoms with E-state index in [2.05, 4.69) is 20.8 Å². The molecule has 0 aliphatic rings. The van der Waals surface area contributed by atoms with Gasteiger partial charge in [0.25, 0.3) is 0 Å². The van der Waals surface area contributed by atoms with Crippen molar-refractivity contribution in [2.45, 2.75) is 17.7 Å². The molecular weight excluding hydrogens is 492 g/mol. The Balaban J connectivity index is 1.51. The number of hydrogen-bond acceptors (Lipinski definition) is 10. The summed E-state index contributed by atoms with van der Waals surface area (Å²) in [6.45, 7) is 1.95. The third kappa shape index (κ3) is 7.42. The van der Waals surface area contributed by atoms with Crippen molar-refractivity contribution >= 4 is 51.7 Å². The predicted octanol–water partition coefficient (Wildman–Crippen LogP) is 3.64. The van der Waals surface area contributed by atoms with Gasteiger partial charge < -0.3 is 24.8 Å². The van der Waals surface area contributed by atoms with Gasteiger partial charge in [-0.1, -0.05) is 41.3 Å². The van der Waals surface area contributed by atoms with Crippen LogP contribution in [0.25, 0.3) is 0 Å². The average Bonchev–Trinajstić information content (AvgIpc) is 3.30. The van der Waals surface area contributed by atoms with Gasteiger partial charge in [-0.25, -0.2) is 4.79 Å². The molecular formula is C23H24N4O6S2. The zero-order chi connectivity index (χ0) is 25.2. The number of carbonyl (C=O) groups is 3. The molecule has 3 rings (SSSR count). The van der Waals surface area contributed by atoms with Crippen molar-refractivity contribution in [2.75, 3.05) is 37.2 Å². The number of anilines is 2. The summed E-state index contributed by atoms with van der Waals surface area (Å²) in [5, 5.41) is 13.7. The van der Waals surface area contributed by atoms with Crippen molar-refractivity contribution in [2.24, 2.45) is 0 Å². The van der Waals surface area contributed by atoms with Crippen molar-refractivity contribution in [1.82, 2.24) is 10.2 Å². The second-order valence-corrected chi connectivity index (χ2v) is 9.09. The molecule has 0 fully saturated rings. The molecule has 10 nitrogen and oxygen atoms in total. The summed E-state index contributed by atoms with van der Waals surface area (Å²) >= 11 is 2.33. The van der Waals surface area contributed by atoms with Gasteiger partial charge in [-0.15, -0.1) is 10.2 Å². The minimum Gasteiger partial charge on any atom is -0.493 e. The van der Waals surface area contributed by atoms with E-state index in [1.165, 1.54) is 18.9 Å².